The lowest BCUT2D eigenvalue weighted by Gasteiger charge is -2.15. The van der Waals surface area contributed by atoms with Crippen molar-refractivity contribution in [3.8, 4) is 5.75 Å². The third kappa shape index (κ3) is 10.0. The topological polar surface area (TPSA) is 9.23 Å². The second-order valence-corrected chi connectivity index (χ2v) is 7.31. The van der Waals surface area contributed by atoms with Gasteiger partial charge in [0, 0.05) is 0 Å². The van der Waals surface area contributed by atoms with Gasteiger partial charge in [-0.05, 0) is 42.5 Å². The summed E-state index contributed by atoms with van der Waals surface area (Å²) in [5.74, 6) is 1.82. The largest absolute Gasteiger partial charge is 0.493 e. The van der Waals surface area contributed by atoms with E-state index in [1.54, 1.807) is 0 Å². The molecule has 1 rings (SSSR count). The zero-order valence-electron chi connectivity index (χ0n) is 16.4. The van der Waals surface area contributed by atoms with E-state index in [-0.39, 0.29) is 0 Å². The summed E-state index contributed by atoms with van der Waals surface area (Å²) in [5, 5.41) is 0. The van der Waals surface area contributed by atoms with Gasteiger partial charge in [-0.3, -0.25) is 0 Å². The van der Waals surface area contributed by atoms with E-state index in [4.69, 9.17) is 4.74 Å². The molecule has 1 aromatic carbocycles. The third-order valence-corrected chi connectivity index (χ3v) is 4.78. The molecule has 0 aliphatic carbocycles. The quantitative estimate of drug-likeness (QED) is 0.305. The minimum Gasteiger partial charge on any atom is -0.493 e. The first-order valence-corrected chi connectivity index (χ1v) is 10.4. The van der Waals surface area contributed by atoms with E-state index >= 15 is 0 Å². The van der Waals surface area contributed by atoms with Gasteiger partial charge in [0.25, 0.3) is 0 Å². The third-order valence-electron chi connectivity index (χ3n) is 4.78. The summed E-state index contributed by atoms with van der Waals surface area (Å²) < 4.78 is 6.07. The zero-order chi connectivity index (χ0) is 17.5. The molecule has 0 aliphatic rings. The number of unbranched alkanes of at least 4 members (excludes halogenated alkanes) is 8. The summed E-state index contributed by atoms with van der Waals surface area (Å²) in [4.78, 5) is 0. The van der Waals surface area contributed by atoms with Gasteiger partial charge in [-0.25, -0.2) is 0 Å². The number of hydrogen-bond acceptors (Lipinski definition) is 1. The van der Waals surface area contributed by atoms with Crippen LogP contribution in [0, 0.1) is 12.0 Å². The van der Waals surface area contributed by atoms with Gasteiger partial charge < -0.3 is 4.74 Å². The first-order valence-electron chi connectivity index (χ1n) is 10.4. The fourth-order valence-electron chi connectivity index (χ4n) is 3.21. The van der Waals surface area contributed by atoms with Crippen LogP contribution in [0.2, 0.25) is 0 Å². The van der Waals surface area contributed by atoms with Crippen molar-refractivity contribution in [3.63, 3.8) is 0 Å². The zero-order valence-corrected chi connectivity index (χ0v) is 16.4. The van der Waals surface area contributed by atoms with Crippen LogP contribution in [0.15, 0.2) is 18.2 Å². The summed E-state index contributed by atoms with van der Waals surface area (Å²) in [5.41, 5.74) is 1.34. The van der Waals surface area contributed by atoms with Gasteiger partial charge in [0.05, 0.1) is 6.61 Å². The van der Waals surface area contributed by atoms with E-state index in [0.29, 0.717) is 0 Å². The van der Waals surface area contributed by atoms with Crippen molar-refractivity contribution in [2.45, 2.75) is 97.8 Å². The molecule has 1 heteroatoms. The SMILES string of the molecule is CCCCCCCCOc1cc[c]cc1CC(C)CCCCCC. The molecular formula is C23H39O. The van der Waals surface area contributed by atoms with Crippen LogP contribution in [-0.2, 0) is 6.42 Å². The normalized spacial score (nSPS) is 12.3. The predicted octanol–water partition coefficient (Wildman–Crippen LogP) is 7.38. The summed E-state index contributed by atoms with van der Waals surface area (Å²) in [6.07, 6.45) is 15.8. The van der Waals surface area contributed by atoms with Crippen molar-refractivity contribution < 1.29 is 4.74 Å². The Labute approximate surface area is 151 Å². The van der Waals surface area contributed by atoms with Gasteiger partial charge in [-0.15, -0.1) is 0 Å². The minimum atomic E-state index is 0.731. The number of benzene rings is 1. The molecule has 0 amide bonds. The second-order valence-electron chi connectivity index (χ2n) is 7.31. The van der Waals surface area contributed by atoms with Crippen LogP contribution >= 0.6 is 0 Å². The maximum Gasteiger partial charge on any atom is 0.122 e. The molecule has 1 atom stereocenters. The highest BCUT2D eigenvalue weighted by molar-refractivity contribution is 5.33. The minimum absolute atomic E-state index is 0.731. The molecule has 1 radical (unpaired) electrons. The van der Waals surface area contributed by atoms with Gasteiger partial charge >= 0.3 is 0 Å². The Kier molecular flexibility index (Phi) is 12.6. The van der Waals surface area contributed by atoms with Crippen LogP contribution in [0.4, 0.5) is 0 Å². The Hall–Kier alpha value is -0.980. The smallest absolute Gasteiger partial charge is 0.122 e. The fraction of sp³-hybridized carbons (Fsp3) is 0.739. The monoisotopic (exact) mass is 331 g/mol. The molecule has 0 saturated heterocycles. The molecule has 1 unspecified atom stereocenters. The van der Waals surface area contributed by atoms with Crippen molar-refractivity contribution >= 4 is 0 Å². The number of rotatable bonds is 15. The van der Waals surface area contributed by atoms with E-state index in [1.165, 1.54) is 76.2 Å². The van der Waals surface area contributed by atoms with Crippen molar-refractivity contribution in [1.29, 1.82) is 0 Å². The van der Waals surface area contributed by atoms with E-state index < -0.39 is 0 Å². The van der Waals surface area contributed by atoms with Gasteiger partial charge in [0.2, 0.25) is 0 Å². The molecule has 0 saturated carbocycles. The molecular weight excluding hydrogens is 292 g/mol. The van der Waals surface area contributed by atoms with Crippen LogP contribution in [0.3, 0.4) is 0 Å². The molecule has 0 fully saturated rings. The molecule has 0 aliphatic heterocycles. The highest BCUT2D eigenvalue weighted by atomic mass is 16.5. The van der Waals surface area contributed by atoms with E-state index in [2.05, 4.69) is 39.0 Å². The Morgan fingerprint density at radius 2 is 1.58 bits per heavy atom. The van der Waals surface area contributed by atoms with Crippen molar-refractivity contribution in [2.24, 2.45) is 5.92 Å². The number of hydrogen-bond donors (Lipinski definition) is 0. The number of ether oxygens (including phenoxy) is 1. The molecule has 0 heterocycles. The molecule has 1 aromatic rings. The van der Waals surface area contributed by atoms with E-state index in [0.717, 1.165) is 24.7 Å². The van der Waals surface area contributed by atoms with Crippen molar-refractivity contribution in [3.05, 3.63) is 29.8 Å². The predicted molar refractivity (Wildman–Crippen MR) is 106 cm³/mol. The van der Waals surface area contributed by atoms with Gasteiger partial charge in [-0.1, -0.05) is 91.0 Å². The lowest BCUT2D eigenvalue weighted by molar-refractivity contribution is 0.299. The van der Waals surface area contributed by atoms with Gasteiger partial charge in [0.1, 0.15) is 5.75 Å². The van der Waals surface area contributed by atoms with Crippen molar-refractivity contribution in [1.82, 2.24) is 0 Å². The summed E-state index contributed by atoms with van der Waals surface area (Å²) in [7, 11) is 0. The first-order chi connectivity index (χ1) is 11.8. The Balaban J connectivity index is 2.28. The van der Waals surface area contributed by atoms with Gasteiger partial charge in [-0.2, -0.15) is 0 Å². The van der Waals surface area contributed by atoms with Gasteiger partial charge in [0.15, 0.2) is 0 Å². The van der Waals surface area contributed by atoms with E-state index in [9.17, 15) is 0 Å². The Bertz CT molecular complexity index is 399. The molecule has 1 nitrogen and oxygen atoms in total. The second kappa shape index (κ2) is 14.4. The van der Waals surface area contributed by atoms with Crippen molar-refractivity contribution in [2.75, 3.05) is 6.61 Å². The standard InChI is InChI=1S/C23H39O/c1-4-6-8-10-11-15-19-24-23-18-14-13-17-22(23)20-21(3)16-12-9-7-5-2/h14,17-18,21H,4-12,15-16,19-20H2,1-3H3. The average Bonchev–Trinajstić information content (AvgIpc) is 2.59. The maximum atomic E-state index is 6.07. The first kappa shape index (κ1) is 21.1. The van der Waals surface area contributed by atoms with Crippen LogP contribution < -0.4 is 4.74 Å². The van der Waals surface area contributed by atoms with E-state index in [1.807, 2.05) is 6.07 Å². The average molecular weight is 332 g/mol. The maximum absolute atomic E-state index is 6.07. The summed E-state index contributed by atoms with van der Waals surface area (Å²) in [6, 6.07) is 9.42. The summed E-state index contributed by atoms with van der Waals surface area (Å²) in [6.45, 7) is 7.77. The van der Waals surface area contributed by atoms with Crippen LogP contribution in [0.1, 0.15) is 97.0 Å². The van der Waals surface area contributed by atoms with Crippen LogP contribution in [0.25, 0.3) is 0 Å². The van der Waals surface area contributed by atoms with Crippen LogP contribution in [-0.4, -0.2) is 6.61 Å². The Morgan fingerprint density at radius 3 is 2.33 bits per heavy atom. The molecule has 0 spiro atoms. The Morgan fingerprint density at radius 1 is 0.917 bits per heavy atom. The molecule has 0 aromatic heterocycles. The molecule has 24 heavy (non-hydrogen) atoms. The van der Waals surface area contributed by atoms with Crippen LogP contribution in [0.5, 0.6) is 5.75 Å². The molecule has 137 valence electrons. The molecule has 0 bridgehead atoms. The lowest BCUT2D eigenvalue weighted by atomic mass is 9.95. The molecule has 0 N–H and O–H groups in total. The highest BCUT2D eigenvalue weighted by Gasteiger charge is 2.08. The summed E-state index contributed by atoms with van der Waals surface area (Å²) >= 11 is 0. The highest BCUT2D eigenvalue weighted by Crippen LogP contribution is 2.24. The fourth-order valence-corrected chi connectivity index (χ4v) is 3.21. The lowest BCUT2D eigenvalue weighted by Crippen LogP contribution is -2.04.